The quantitative estimate of drug-likeness (QED) is 0.614. The summed E-state index contributed by atoms with van der Waals surface area (Å²) < 4.78 is 41.5. The first-order valence-electron chi connectivity index (χ1n) is 8.56. The van der Waals surface area contributed by atoms with Crippen molar-refractivity contribution < 1.29 is 18.0 Å². The number of halogens is 4. The van der Waals surface area contributed by atoms with E-state index in [0.29, 0.717) is 17.0 Å². The summed E-state index contributed by atoms with van der Waals surface area (Å²) in [6.45, 7) is 1.73. The summed E-state index contributed by atoms with van der Waals surface area (Å²) in [6, 6.07) is 12.4. The van der Waals surface area contributed by atoms with Crippen molar-refractivity contribution >= 4 is 23.3 Å². The average molecular weight is 408 g/mol. The fourth-order valence-electron chi connectivity index (χ4n) is 2.77. The number of anilines is 1. The molecule has 1 aromatic heterocycles. The molecular formula is C20H17ClF3N3O. The van der Waals surface area contributed by atoms with Gasteiger partial charge in [-0.2, -0.15) is 18.3 Å². The van der Waals surface area contributed by atoms with Crippen LogP contribution < -0.4 is 5.32 Å². The number of amides is 1. The number of carbonyl (C=O) groups is 1. The number of aromatic nitrogens is 2. The number of benzene rings is 2. The molecule has 0 saturated carbocycles. The van der Waals surface area contributed by atoms with Gasteiger partial charge in [0.05, 0.1) is 22.7 Å². The first-order chi connectivity index (χ1) is 13.3. The van der Waals surface area contributed by atoms with Gasteiger partial charge in [-0.1, -0.05) is 42.8 Å². The van der Waals surface area contributed by atoms with Crippen molar-refractivity contribution in [3.8, 4) is 0 Å². The van der Waals surface area contributed by atoms with Crippen LogP contribution in [-0.4, -0.2) is 15.7 Å². The molecule has 28 heavy (non-hydrogen) atoms. The van der Waals surface area contributed by atoms with E-state index >= 15 is 0 Å². The number of hydrogen-bond donors (Lipinski definition) is 1. The van der Waals surface area contributed by atoms with Gasteiger partial charge in [-0.05, 0) is 35.7 Å². The smallest absolute Gasteiger partial charge is 0.305 e. The summed E-state index contributed by atoms with van der Waals surface area (Å²) >= 11 is 5.99. The number of hydrogen-bond acceptors (Lipinski definition) is 2. The first kappa shape index (κ1) is 19.9. The molecule has 2 aromatic carbocycles. The highest BCUT2D eigenvalue weighted by molar-refractivity contribution is 6.34. The summed E-state index contributed by atoms with van der Waals surface area (Å²) in [5.74, 6) is -0.220. The Bertz CT molecular complexity index is 998. The van der Waals surface area contributed by atoms with E-state index in [2.05, 4.69) is 10.4 Å². The Labute approximate surface area is 164 Å². The van der Waals surface area contributed by atoms with Gasteiger partial charge in [0.2, 0.25) is 0 Å². The van der Waals surface area contributed by atoms with Crippen molar-refractivity contribution in [2.45, 2.75) is 26.1 Å². The Morgan fingerprint density at radius 1 is 1.18 bits per heavy atom. The maximum atomic E-state index is 13.4. The summed E-state index contributed by atoms with van der Waals surface area (Å²) in [7, 11) is 0. The van der Waals surface area contributed by atoms with Gasteiger partial charge in [-0.15, -0.1) is 0 Å². The number of rotatable bonds is 5. The Morgan fingerprint density at radius 2 is 1.93 bits per heavy atom. The van der Waals surface area contributed by atoms with Gasteiger partial charge in [0.25, 0.3) is 5.91 Å². The third-order valence-electron chi connectivity index (χ3n) is 4.22. The second-order valence-corrected chi connectivity index (χ2v) is 6.58. The molecule has 0 spiro atoms. The maximum absolute atomic E-state index is 13.4. The van der Waals surface area contributed by atoms with Crippen LogP contribution in [-0.2, 0) is 19.1 Å². The van der Waals surface area contributed by atoms with Gasteiger partial charge in [-0.3, -0.25) is 9.48 Å². The fraction of sp³-hybridized carbons (Fsp3) is 0.200. The molecule has 0 saturated heterocycles. The van der Waals surface area contributed by atoms with Gasteiger partial charge < -0.3 is 5.32 Å². The Kier molecular flexibility index (Phi) is 5.74. The lowest BCUT2D eigenvalue weighted by atomic mass is 10.0. The normalized spacial score (nSPS) is 11.5. The van der Waals surface area contributed by atoms with Crippen molar-refractivity contribution in [2.24, 2.45) is 0 Å². The van der Waals surface area contributed by atoms with Gasteiger partial charge in [0.1, 0.15) is 0 Å². The molecule has 8 heteroatoms. The minimum atomic E-state index is -4.45. The molecule has 146 valence electrons. The molecule has 0 bridgehead atoms. The molecule has 3 aromatic rings. The van der Waals surface area contributed by atoms with Crippen LogP contribution in [0, 0.1) is 0 Å². The Hall–Kier alpha value is -2.80. The van der Waals surface area contributed by atoms with Crippen LogP contribution in [0.1, 0.15) is 34.0 Å². The molecule has 3 rings (SSSR count). The van der Waals surface area contributed by atoms with E-state index in [1.54, 1.807) is 37.3 Å². The summed E-state index contributed by atoms with van der Waals surface area (Å²) in [6.07, 6.45) is -2.42. The van der Waals surface area contributed by atoms with E-state index in [1.807, 2.05) is 0 Å². The van der Waals surface area contributed by atoms with Crippen LogP contribution in [0.2, 0.25) is 5.02 Å². The summed E-state index contributed by atoms with van der Waals surface area (Å²) in [5, 5.41) is 7.03. The number of aryl methyl sites for hydroxylation is 1. The zero-order valence-corrected chi connectivity index (χ0v) is 15.7. The third-order valence-corrected chi connectivity index (χ3v) is 4.55. The first-order valence-corrected chi connectivity index (χ1v) is 8.94. The number of nitrogens with one attached hydrogen (secondary N) is 1. The van der Waals surface area contributed by atoms with E-state index in [0.717, 1.165) is 0 Å². The van der Waals surface area contributed by atoms with Crippen molar-refractivity contribution in [3.63, 3.8) is 0 Å². The lowest BCUT2D eigenvalue weighted by Crippen LogP contribution is -2.14. The molecule has 0 atom stereocenters. The van der Waals surface area contributed by atoms with Crippen molar-refractivity contribution in [1.82, 2.24) is 9.78 Å². The highest BCUT2D eigenvalue weighted by Crippen LogP contribution is 2.33. The summed E-state index contributed by atoms with van der Waals surface area (Å²) in [5.41, 5.74) is 0.332. The molecule has 0 aliphatic carbocycles. The molecule has 0 radical (unpaired) electrons. The van der Waals surface area contributed by atoms with Crippen LogP contribution in [0.25, 0.3) is 0 Å². The molecule has 1 N–H and O–H groups in total. The molecule has 1 heterocycles. The third kappa shape index (κ3) is 4.54. The molecule has 0 unspecified atom stereocenters. The van der Waals surface area contributed by atoms with Crippen molar-refractivity contribution in [2.75, 3.05) is 5.32 Å². The lowest BCUT2D eigenvalue weighted by molar-refractivity contribution is -0.138. The predicted molar refractivity (Wildman–Crippen MR) is 102 cm³/mol. The second-order valence-electron chi connectivity index (χ2n) is 6.18. The van der Waals surface area contributed by atoms with E-state index in [4.69, 9.17) is 11.6 Å². The summed E-state index contributed by atoms with van der Waals surface area (Å²) in [4.78, 5) is 12.3. The van der Waals surface area contributed by atoms with Crippen LogP contribution >= 0.6 is 11.6 Å². The second kappa shape index (κ2) is 8.06. The fourth-order valence-corrected chi connectivity index (χ4v) is 2.99. The average Bonchev–Trinajstić information content (AvgIpc) is 3.08. The van der Waals surface area contributed by atoms with E-state index in [-0.39, 0.29) is 23.5 Å². The minimum absolute atomic E-state index is 0.0686. The number of alkyl halides is 3. The standard InChI is InChI=1S/C20H17ClF3N3O/c1-2-13-7-8-14(16(11-13)20(22,23)24)12-27-10-9-18(26-27)25-19(28)15-5-3-4-6-17(15)21/h3-11H,2,12H2,1H3,(H,25,26,28). The minimum Gasteiger partial charge on any atom is -0.305 e. The highest BCUT2D eigenvalue weighted by Gasteiger charge is 2.33. The molecule has 0 fully saturated rings. The van der Waals surface area contributed by atoms with Gasteiger partial charge in [0, 0.05) is 12.3 Å². The maximum Gasteiger partial charge on any atom is 0.416 e. The monoisotopic (exact) mass is 407 g/mol. The zero-order chi connectivity index (χ0) is 20.3. The predicted octanol–water partition coefficient (Wildman–Crippen LogP) is 5.42. The lowest BCUT2D eigenvalue weighted by Gasteiger charge is -2.14. The van der Waals surface area contributed by atoms with Crippen LogP contribution in [0.4, 0.5) is 19.0 Å². The molecule has 4 nitrogen and oxygen atoms in total. The topological polar surface area (TPSA) is 46.9 Å². The molecule has 0 aliphatic heterocycles. The Balaban J connectivity index is 1.78. The van der Waals surface area contributed by atoms with E-state index in [1.165, 1.54) is 29.1 Å². The molecule has 0 aliphatic rings. The van der Waals surface area contributed by atoms with E-state index < -0.39 is 17.6 Å². The van der Waals surface area contributed by atoms with Gasteiger partial charge in [-0.25, -0.2) is 0 Å². The molecule has 1 amide bonds. The largest absolute Gasteiger partial charge is 0.416 e. The number of nitrogens with zero attached hydrogens (tertiary/aromatic N) is 2. The van der Waals surface area contributed by atoms with Gasteiger partial charge >= 0.3 is 6.18 Å². The van der Waals surface area contributed by atoms with Crippen LogP contribution in [0.5, 0.6) is 0 Å². The Morgan fingerprint density at radius 3 is 2.61 bits per heavy atom. The highest BCUT2D eigenvalue weighted by atomic mass is 35.5. The van der Waals surface area contributed by atoms with Crippen LogP contribution in [0.3, 0.4) is 0 Å². The van der Waals surface area contributed by atoms with Crippen molar-refractivity contribution in [3.05, 3.63) is 82.0 Å². The van der Waals surface area contributed by atoms with E-state index in [9.17, 15) is 18.0 Å². The molecular weight excluding hydrogens is 391 g/mol. The van der Waals surface area contributed by atoms with Gasteiger partial charge in [0.15, 0.2) is 5.82 Å². The van der Waals surface area contributed by atoms with Crippen molar-refractivity contribution in [1.29, 1.82) is 0 Å². The van der Waals surface area contributed by atoms with Crippen LogP contribution in [0.15, 0.2) is 54.7 Å². The zero-order valence-electron chi connectivity index (χ0n) is 14.9. The SMILES string of the molecule is CCc1ccc(Cn2ccc(NC(=O)c3ccccc3Cl)n2)c(C(F)(F)F)c1. The number of carbonyl (C=O) groups excluding carboxylic acids is 1.